The molecule has 0 unspecified atom stereocenters. The molecule has 27 nitrogen and oxygen atoms in total. The van der Waals surface area contributed by atoms with E-state index in [1.165, 1.54) is 50.1 Å². The molecule has 12 rings (SSSR count). The second kappa shape index (κ2) is 46.2. The third kappa shape index (κ3) is 37.0. The summed E-state index contributed by atoms with van der Waals surface area (Å²) in [5.74, 6) is 1.53. The van der Waals surface area contributed by atoms with Gasteiger partial charge in [0.2, 0.25) is 0 Å². The van der Waals surface area contributed by atoms with E-state index in [2.05, 4.69) is 100.0 Å². The van der Waals surface area contributed by atoms with Gasteiger partial charge < -0.3 is 98.3 Å². The Balaban J connectivity index is 0.000000183. The van der Waals surface area contributed by atoms with Gasteiger partial charge in [-0.25, -0.2) is 0 Å². The van der Waals surface area contributed by atoms with Crippen molar-refractivity contribution in [3.05, 3.63) is 188 Å². The largest absolute Gasteiger partial charge is 0.485 e. The summed E-state index contributed by atoms with van der Waals surface area (Å²) in [6.45, 7) is 3.04. The molecule has 0 spiro atoms. The van der Waals surface area contributed by atoms with E-state index in [4.69, 9.17) is 78.0 Å². The molecular weight excluding hydrogens is 1780 g/mol. The van der Waals surface area contributed by atoms with E-state index >= 15 is 0 Å². The van der Waals surface area contributed by atoms with Gasteiger partial charge in [-0.1, -0.05) is 29.8 Å². The SMILES string of the molecule is Cc1ccc(Nc2ccc(CCCCP(=O)(O)O)cc2)cc1.O=P(O)(O)CCCCc1ccc(-c2ccc(-c3ccc(CCCCP(=O)(O)O)[nH]3)[nH]2)[nH]1.O=P(O)(O)CCCCc1ccc(-c2ccc(-c3ccc(CCCCP(=O)(O)O)s3)s2)s1.O=P(O)(O)CCCCc1ccc(-c2sc(-c3ccc(CCCCP(=O)(O)O)s3)c3c2OCCO3)s1. The van der Waals surface area contributed by atoms with Crippen LogP contribution in [-0.4, -0.2) is 140 Å². The standard InChI is InChI=1S/C22H28O8P2S3.C20H29N3O6P2.C20H26O6P2S3.C17H22NO3P/c23-31(24,25)13-3-1-5-15-7-9-17(33-15)21-19-20(30-12-11-29-19)22(35-21)18-10-8-16(34-18)6-2-4-14-32(26,27)28;24-30(25,26)13-3-1-5-15-7-9-17(21-15)19-11-12-20(23-19)18-10-8-16(22-18)6-2-4-14-31(27,28)29;21-27(22,23)13-3-1-5-15-7-9-17(29-15)19-11-12-20(31-19)18-10-8-16(30-18)6-2-4-14-28(24,25)26;1-14-5-9-16(10-6-14)18-17-11-7-15(8-12-17)4-2-3-13-22(19,20)21/h7-10H,1-6,11-14H2,(H2,23,24,25)(H2,26,27,28);7-12,21-23H,1-6,13-14H2,(H2,24,25,26)(H2,27,28,29);7-12H,1-6,13-14H2,(H2,21,22,23)(H2,24,25,26);5-12,18H,2-4,13H2,1H3,(H2,19,20,21). The first kappa shape index (κ1) is 97.7. The fourth-order valence-electron chi connectivity index (χ4n) is 12.6. The van der Waals surface area contributed by atoms with Gasteiger partial charge in [0.05, 0.1) is 32.5 Å². The number of rotatable bonds is 43. The number of H-pyrrole nitrogens is 3. The molecule has 1 aliphatic rings. The first-order chi connectivity index (χ1) is 56.2. The van der Waals surface area contributed by atoms with Crippen LogP contribution in [0.4, 0.5) is 11.4 Å². The minimum absolute atomic E-state index is 0.0277. The fourth-order valence-corrected chi connectivity index (χ4v) is 23.8. The summed E-state index contributed by atoms with van der Waals surface area (Å²) in [6, 6.07) is 49.2. The van der Waals surface area contributed by atoms with E-state index in [0.717, 1.165) is 154 Å². The number of nitrogens with one attached hydrogen (secondary N) is 4. The maximum absolute atomic E-state index is 11.0. The quantitative estimate of drug-likeness (QED) is 0.0125. The van der Waals surface area contributed by atoms with Gasteiger partial charge >= 0.3 is 53.2 Å². The number of anilines is 2. The second-order valence-electron chi connectivity index (χ2n) is 29.0. The van der Waals surface area contributed by atoms with Crippen LogP contribution in [0.1, 0.15) is 132 Å². The van der Waals surface area contributed by atoms with Crippen LogP contribution in [0, 0.1) is 6.92 Å². The monoisotopic (exact) mass is 1890 g/mol. The lowest BCUT2D eigenvalue weighted by atomic mass is 10.1. The lowest BCUT2D eigenvalue weighted by Gasteiger charge is -2.16. The molecule has 2 aromatic carbocycles. The summed E-state index contributed by atoms with van der Waals surface area (Å²) in [5.41, 5.74) is 10.3. The van der Waals surface area contributed by atoms with E-state index in [1.807, 2.05) is 72.8 Å². The number of aromatic amines is 3. The number of thiophene rings is 6. The van der Waals surface area contributed by atoms with E-state index in [1.54, 1.807) is 68.0 Å². The molecule has 40 heteroatoms. The zero-order valence-electron chi connectivity index (χ0n) is 65.6. The van der Waals surface area contributed by atoms with Crippen molar-refractivity contribution in [2.75, 3.05) is 61.7 Å². The molecule has 0 aliphatic carbocycles. The first-order valence-corrected chi connectivity index (χ1v) is 56.4. The maximum atomic E-state index is 11.0. The van der Waals surface area contributed by atoms with Crippen molar-refractivity contribution in [3.8, 4) is 73.3 Å². The summed E-state index contributed by atoms with van der Waals surface area (Å²) < 4.78 is 88.5. The number of ether oxygens (including phenoxy) is 2. The summed E-state index contributed by atoms with van der Waals surface area (Å²) >= 11 is 10.2. The number of hydrogen-bond donors (Lipinski definition) is 18. The third-order valence-corrected chi connectivity index (χ3v) is 32.4. The van der Waals surface area contributed by atoms with E-state index < -0.39 is 53.2 Å². The summed E-state index contributed by atoms with van der Waals surface area (Å²) in [4.78, 5) is 149. The molecule has 0 amide bonds. The maximum Gasteiger partial charge on any atom is 0.325 e. The number of fused-ring (bicyclic) bond motifs is 1. The molecule has 0 saturated heterocycles. The van der Waals surface area contributed by atoms with Gasteiger partial charge in [-0.05, 0) is 269 Å². The van der Waals surface area contributed by atoms with Crippen LogP contribution >= 0.6 is 121 Å². The zero-order valence-corrected chi connectivity index (χ0v) is 76.7. The lowest BCUT2D eigenvalue weighted by molar-refractivity contribution is 0.175. The highest BCUT2D eigenvalue weighted by Gasteiger charge is 2.29. The number of unbranched alkanes of at least 4 members (excludes halogenated alkanes) is 7. The predicted molar refractivity (Wildman–Crippen MR) is 483 cm³/mol. The van der Waals surface area contributed by atoms with Crippen LogP contribution in [0.3, 0.4) is 0 Å². The van der Waals surface area contributed by atoms with Gasteiger partial charge in [-0.3, -0.25) is 32.0 Å². The molecule has 0 fully saturated rings. The molecule has 11 aromatic rings. The third-order valence-electron chi connectivity index (χ3n) is 18.6. The Bertz CT molecular complexity index is 4880. The van der Waals surface area contributed by atoms with Crippen molar-refractivity contribution in [1.29, 1.82) is 0 Å². The molecule has 119 heavy (non-hydrogen) atoms. The van der Waals surface area contributed by atoms with Crippen LogP contribution in [-0.2, 0) is 76.9 Å². The van der Waals surface area contributed by atoms with E-state index in [9.17, 15) is 32.0 Å². The van der Waals surface area contributed by atoms with Gasteiger partial charge in [0.1, 0.15) is 13.2 Å². The summed E-state index contributed by atoms with van der Waals surface area (Å²) in [6.07, 6.45) is 13.8. The van der Waals surface area contributed by atoms with Crippen LogP contribution in [0.15, 0.2) is 146 Å². The van der Waals surface area contributed by atoms with Gasteiger partial charge in [0, 0.05) is 115 Å². The molecule has 9 aromatic heterocycles. The van der Waals surface area contributed by atoms with Crippen LogP contribution in [0.25, 0.3) is 61.8 Å². The topological polar surface area (TPSA) is 481 Å². The Morgan fingerprint density at radius 1 is 0.286 bits per heavy atom. The Morgan fingerprint density at radius 2 is 0.555 bits per heavy atom. The van der Waals surface area contributed by atoms with Gasteiger partial charge in [-0.2, -0.15) is 0 Å². The van der Waals surface area contributed by atoms with Crippen molar-refractivity contribution in [2.45, 2.75) is 142 Å². The Labute approximate surface area is 716 Å². The van der Waals surface area contributed by atoms with Crippen molar-refractivity contribution < 1.29 is 110 Å². The van der Waals surface area contributed by atoms with Crippen LogP contribution in [0.5, 0.6) is 11.5 Å². The number of aromatic nitrogens is 3. The highest BCUT2D eigenvalue weighted by molar-refractivity contribution is 7.53. The predicted octanol–water partition coefficient (Wildman–Crippen LogP) is 20.4. The molecular formula is C79H105N4O23P7S6. The highest BCUT2D eigenvalue weighted by atomic mass is 32.1. The molecule has 18 N–H and O–H groups in total. The van der Waals surface area contributed by atoms with Gasteiger partial charge in [0.15, 0.2) is 11.5 Å². The smallest absolute Gasteiger partial charge is 0.325 e. The molecule has 0 bridgehead atoms. The second-order valence-corrected chi connectivity index (χ2v) is 48.2. The number of aryl methyl sites for hydroxylation is 8. The number of hydrogen-bond acceptors (Lipinski definition) is 16. The fraction of sp³-hybridized carbons (Fsp3) is 0.392. The van der Waals surface area contributed by atoms with Crippen molar-refractivity contribution in [3.63, 3.8) is 0 Å². The van der Waals surface area contributed by atoms with Crippen molar-refractivity contribution in [2.24, 2.45) is 0 Å². The molecule has 650 valence electrons. The summed E-state index contributed by atoms with van der Waals surface area (Å²) in [5, 5.41) is 3.34. The number of benzene rings is 2. The highest BCUT2D eigenvalue weighted by Crippen LogP contribution is 2.56. The minimum atomic E-state index is -3.94. The van der Waals surface area contributed by atoms with Crippen molar-refractivity contribution in [1.82, 2.24) is 15.0 Å². The molecule has 10 heterocycles. The van der Waals surface area contributed by atoms with E-state index in [0.29, 0.717) is 71.0 Å². The first-order valence-electron chi connectivity index (χ1n) is 38.9. The van der Waals surface area contributed by atoms with Crippen molar-refractivity contribution >= 4 is 133 Å². The lowest BCUT2D eigenvalue weighted by Crippen LogP contribution is -2.14. The molecule has 0 saturated carbocycles. The normalized spacial score (nSPS) is 12.7. The van der Waals surface area contributed by atoms with Crippen LogP contribution < -0.4 is 14.8 Å². The Kier molecular flexibility index (Phi) is 38.0. The Hall–Kier alpha value is -5.07. The molecule has 0 atom stereocenters. The van der Waals surface area contributed by atoms with Crippen LogP contribution in [0.2, 0.25) is 0 Å². The van der Waals surface area contributed by atoms with Gasteiger partial charge in [-0.15, -0.1) is 68.0 Å². The molecule has 0 radical (unpaired) electrons. The zero-order chi connectivity index (χ0) is 86.0. The average molecular weight is 1890 g/mol. The Morgan fingerprint density at radius 3 is 0.891 bits per heavy atom. The van der Waals surface area contributed by atoms with E-state index in [-0.39, 0.29) is 43.1 Å². The van der Waals surface area contributed by atoms with Gasteiger partial charge in [0.25, 0.3) is 0 Å². The minimum Gasteiger partial charge on any atom is -0.485 e. The average Bonchev–Trinajstić information content (AvgIpc) is 1.61. The summed E-state index contributed by atoms with van der Waals surface area (Å²) in [7, 11) is -27.4. The molecule has 1 aliphatic heterocycles.